The van der Waals surface area contributed by atoms with Gasteiger partial charge in [-0.05, 0) is 53.7 Å². The predicted molar refractivity (Wildman–Crippen MR) is 87.4 cm³/mol. The number of anilines is 1. The lowest BCUT2D eigenvalue weighted by Crippen LogP contribution is -2.29. The van der Waals surface area contributed by atoms with Crippen LogP contribution < -0.4 is 5.32 Å². The quantitative estimate of drug-likeness (QED) is 0.783. The number of benzene rings is 1. The van der Waals surface area contributed by atoms with Gasteiger partial charge in [-0.1, -0.05) is 17.7 Å². The number of hydrogen-bond donors (Lipinski definition) is 1. The Morgan fingerprint density at radius 2 is 2.17 bits per heavy atom. The summed E-state index contributed by atoms with van der Waals surface area (Å²) < 4.78 is 15.2. The lowest BCUT2D eigenvalue weighted by Gasteiger charge is -2.26. The van der Waals surface area contributed by atoms with E-state index >= 15 is 0 Å². The van der Waals surface area contributed by atoms with Gasteiger partial charge in [-0.15, -0.1) is 14.8 Å². The Morgan fingerprint density at radius 3 is 3.00 bits per heavy atom. The number of hydrogen-bond acceptors (Lipinski definition) is 6. The van der Waals surface area contributed by atoms with Crippen LogP contribution in [0.25, 0.3) is 5.65 Å². The summed E-state index contributed by atoms with van der Waals surface area (Å²) in [5, 5.41) is 19.1. The number of nitrogens with one attached hydrogen (secondary N) is 1. The van der Waals surface area contributed by atoms with Crippen LogP contribution in [-0.4, -0.2) is 49.8 Å². The maximum absolute atomic E-state index is 13.8. The van der Waals surface area contributed by atoms with E-state index in [4.69, 9.17) is 11.6 Å². The van der Waals surface area contributed by atoms with Crippen molar-refractivity contribution in [1.82, 2.24) is 30.2 Å². The van der Waals surface area contributed by atoms with Crippen molar-refractivity contribution in [2.45, 2.75) is 18.5 Å². The van der Waals surface area contributed by atoms with Gasteiger partial charge in [0, 0.05) is 12.6 Å². The maximum atomic E-state index is 13.8. The number of rotatable bonds is 3. The second-order valence-electron chi connectivity index (χ2n) is 5.88. The maximum Gasteiger partial charge on any atom is 0.200 e. The summed E-state index contributed by atoms with van der Waals surface area (Å²) in [5.74, 6) is 0.274. The summed E-state index contributed by atoms with van der Waals surface area (Å²) in [5.41, 5.74) is 1.47. The highest BCUT2D eigenvalue weighted by Gasteiger charge is 2.33. The topological polar surface area (TPSA) is 71.2 Å². The van der Waals surface area contributed by atoms with E-state index in [0.717, 1.165) is 18.5 Å². The van der Waals surface area contributed by atoms with Crippen LogP contribution in [0.15, 0.2) is 30.3 Å². The molecule has 3 heterocycles. The van der Waals surface area contributed by atoms with E-state index in [-0.39, 0.29) is 17.1 Å². The third kappa shape index (κ3) is 2.67. The highest BCUT2D eigenvalue weighted by atomic mass is 35.5. The first kappa shape index (κ1) is 15.2. The third-order valence-electron chi connectivity index (χ3n) is 4.34. The monoisotopic (exact) mass is 347 g/mol. The minimum atomic E-state index is -0.401. The van der Waals surface area contributed by atoms with Crippen LogP contribution in [0.5, 0.6) is 0 Å². The van der Waals surface area contributed by atoms with E-state index in [1.165, 1.54) is 10.7 Å². The van der Waals surface area contributed by atoms with Gasteiger partial charge in [0.25, 0.3) is 0 Å². The molecule has 1 aromatic carbocycles. The number of halogens is 2. The standard InChI is InChI=1S/C15H15ClFN7/c1-23-7-6-12(15(23)9-2-3-10(16)11(17)8-9)18-13-4-5-14-19-21-22-24(14)20-13/h2-5,8,12,15H,6-7H2,1H3,(H,18,20)/t12-,15-/m1/s1. The molecule has 0 spiro atoms. The molecule has 24 heavy (non-hydrogen) atoms. The Balaban J connectivity index is 1.62. The Hall–Kier alpha value is -2.32. The van der Waals surface area contributed by atoms with Crippen LogP contribution in [0.1, 0.15) is 18.0 Å². The fourth-order valence-electron chi connectivity index (χ4n) is 3.20. The van der Waals surface area contributed by atoms with Crippen LogP contribution in [-0.2, 0) is 0 Å². The minimum absolute atomic E-state index is 0.0307. The molecular weight excluding hydrogens is 333 g/mol. The lowest BCUT2D eigenvalue weighted by molar-refractivity contribution is 0.308. The number of nitrogens with zero attached hydrogens (tertiary/aromatic N) is 6. The van der Waals surface area contributed by atoms with Gasteiger partial charge < -0.3 is 5.32 Å². The first-order chi connectivity index (χ1) is 11.6. The third-order valence-corrected chi connectivity index (χ3v) is 4.64. The molecule has 0 unspecified atom stereocenters. The van der Waals surface area contributed by atoms with E-state index in [1.807, 2.05) is 19.2 Å². The van der Waals surface area contributed by atoms with E-state index in [9.17, 15) is 4.39 Å². The van der Waals surface area contributed by atoms with E-state index < -0.39 is 5.82 Å². The van der Waals surface area contributed by atoms with Crippen molar-refractivity contribution < 1.29 is 4.39 Å². The van der Waals surface area contributed by atoms with Gasteiger partial charge in [0.1, 0.15) is 11.6 Å². The average molecular weight is 348 g/mol. The fourth-order valence-corrected chi connectivity index (χ4v) is 3.32. The van der Waals surface area contributed by atoms with Crippen molar-refractivity contribution in [2.24, 2.45) is 0 Å². The SMILES string of the molecule is CN1CC[C@@H](Nc2ccc3nnnn3n2)[C@H]1c1ccc(Cl)c(F)c1. The number of aromatic nitrogens is 5. The number of likely N-dealkylation sites (tertiary alicyclic amines) is 1. The summed E-state index contributed by atoms with van der Waals surface area (Å²) in [4.78, 5) is 2.19. The molecule has 0 amide bonds. The molecular formula is C15H15ClFN7. The second-order valence-corrected chi connectivity index (χ2v) is 6.29. The number of fused-ring (bicyclic) bond motifs is 1. The normalized spacial score (nSPS) is 21.5. The molecule has 0 aliphatic carbocycles. The summed E-state index contributed by atoms with van der Waals surface area (Å²) >= 11 is 5.80. The summed E-state index contributed by atoms with van der Waals surface area (Å²) in [6, 6.07) is 8.72. The van der Waals surface area contributed by atoms with Gasteiger partial charge in [-0.2, -0.15) is 0 Å². The molecule has 7 nitrogen and oxygen atoms in total. The van der Waals surface area contributed by atoms with E-state index in [1.54, 1.807) is 12.1 Å². The van der Waals surface area contributed by atoms with E-state index in [0.29, 0.717) is 11.5 Å². The Kier molecular flexibility index (Phi) is 3.78. The molecule has 1 N–H and O–H groups in total. The Bertz CT molecular complexity index is 883. The van der Waals surface area contributed by atoms with Crippen molar-refractivity contribution in [3.8, 4) is 0 Å². The van der Waals surface area contributed by atoms with Crippen LogP contribution in [0.2, 0.25) is 5.02 Å². The molecule has 9 heteroatoms. The van der Waals surface area contributed by atoms with Crippen molar-refractivity contribution in [3.63, 3.8) is 0 Å². The zero-order chi connectivity index (χ0) is 16.7. The molecule has 3 aromatic rings. The fraction of sp³-hybridized carbons (Fsp3) is 0.333. The van der Waals surface area contributed by atoms with Gasteiger partial charge >= 0.3 is 0 Å². The summed E-state index contributed by atoms with van der Waals surface area (Å²) in [6.45, 7) is 0.902. The molecule has 1 aliphatic rings. The first-order valence-electron chi connectivity index (χ1n) is 7.59. The highest BCUT2D eigenvalue weighted by molar-refractivity contribution is 6.30. The van der Waals surface area contributed by atoms with Crippen LogP contribution in [0, 0.1) is 5.82 Å². The van der Waals surface area contributed by atoms with Gasteiger partial charge in [0.15, 0.2) is 5.65 Å². The van der Waals surface area contributed by atoms with Gasteiger partial charge in [-0.25, -0.2) is 4.39 Å². The largest absolute Gasteiger partial charge is 0.364 e. The van der Waals surface area contributed by atoms with Crippen molar-refractivity contribution in [2.75, 3.05) is 18.9 Å². The van der Waals surface area contributed by atoms with Gasteiger partial charge in [0.2, 0.25) is 0 Å². The molecule has 0 radical (unpaired) electrons. The molecule has 2 aromatic heterocycles. The molecule has 0 bridgehead atoms. The Morgan fingerprint density at radius 1 is 1.29 bits per heavy atom. The highest BCUT2D eigenvalue weighted by Crippen LogP contribution is 2.34. The van der Waals surface area contributed by atoms with Gasteiger partial charge in [0.05, 0.1) is 11.1 Å². The van der Waals surface area contributed by atoms with E-state index in [2.05, 4.69) is 30.8 Å². The molecule has 0 saturated carbocycles. The molecule has 1 aliphatic heterocycles. The molecule has 124 valence electrons. The van der Waals surface area contributed by atoms with Crippen LogP contribution in [0.3, 0.4) is 0 Å². The van der Waals surface area contributed by atoms with Crippen LogP contribution >= 0.6 is 11.6 Å². The minimum Gasteiger partial charge on any atom is -0.364 e. The average Bonchev–Trinajstić information content (AvgIpc) is 3.17. The smallest absolute Gasteiger partial charge is 0.200 e. The zero-order valence-electron chi connectivity index (χ0n) is 12.9. The van der Waals surface area contributed by atoms with Crippen molar-refractivity contribution >= 4 is 23.1 Å². The van der Waals surface area contributed by atoms with Crippen molar-refractivity contribution in [3.05, 3.63) is 46.7 Å². The Labute approximate surface area is 142 Å². The second kappa shape index (κ2) is 5.95. The molecule has 1 fully saturated rings. The molecule has 2 atom stereocenters. The van der Waals surface area contributed by atoms with Crippen LogP contribution in [0.4, 0.5) is 10.2 Å². The molecule has 1 saturated heterocycles. The number of likely N-dealkylation sites (N-methyl/N-ethyl adjacent to an activating group) is 1. The lowest BCUT2D eigenvalue weighted by atomic mass is 10.00. The number of tetrazole rings is 1. The zero-order valence-corrected chi connectivity index (χ0v) is 13.7. The molecule has 4 rings (SSSR count). The summed E-state index contributed by atoms with van der Waals surface area (Å²) in [7, 11) is 2.02. The predicted octanol–water partition coefficient (Wildman–Crippen LogP) is 2.17. The van der Waals surface area contributed by atoms with Crippen molar-refractivity contribution in [1.29, 1.82) is 0 Å². The van der Waals surface area contributed by atoms with Gasteiger partial charge in [-0.3, -0.25) is 4.90 Å². The summed E-state index contributed by atoms with van der Waals surface area (Å²) in [6.07, 6.45) is 0.917. The first-order valence-corrected chi connectivity index (χ1v) is 7.97.